The van der Waals surface area contributed by atoms with Crippen molar-refractivity contribution in [3.63, 3.8) is 0 Å². The summed E-state index contributed by atoms with van der Waals surface area (Å²) in [4.78, 5) is 11.8. The zero-order chi connectivity index (χ0) is 11.5. The summed E-state index contributed by atoms with van der Waals surface area (Å²) in [5, 5.41) is 2.93. The predicted octanol–water partition coefficient (Wildman–Crippen LogP) is 2.42. The van der Waals surface area contributed by atoms with E-state index >= 15 is 0 Å². The molecule has 0 radical (unpaired) electrons. The molecule has 2 rings (SSSR count). The average molecular weight is 219 g/mol. The lowest BCUT2D eigenvalue weighted by atomic mass is 10.1. The molecule has 1 fully saturated rings. The number of nitrogens with one attached hydrogen (secondary N) is 1. The van der Waals surface area contributed by atoms with Crippen molar-refractivity contribution in [3.8, 4) is 0 Å². The summed E-state index contributed by atoms with van der Waals surface area (Å²) in [5.74, 6) is -0.0220. The topological polar surface area (TPSA) is 38.3 Å². The van der Waals surface area contributed by atoms with Gasteiger partial charge in [0.1, 0.15) is 6.10 Å². The first-order valence-corrected chi connectivity index (χ1v) is 5.67. The molecule has 1 atom stereocenters. The van der Waals surface area contributed by atoms with E-state index in [9.17, 15) is 4.79 Å². The van der Waals surface area contributed by atoms with Crippen LogP contribution in [0, 0.1) is 13.8 Å². The maximum Gasteiger partial charge on any atom is 0.253 e. The average Bonchev–Trinajstić information content (AvgIpc) is 2.78. The van der Waals surface area contributed by atoms with E-state index in [0.29, 0.717) is 6.61 Å². The van der Waals surface area contributed by atoms with Crippen LogP contribution >= 0.6 is 0 Å². The van der Waals surface area contributed by atoms with Crippen LogP contribution in [0.15, 0.2) is 18.2 Å². The third kappa shape index (κ3) is 2.25. The van der Waals surface area contributed by atoms with E-state index in [2.05, 4.69) is 5.32 Å². The van der Waals surface area contributed by atoms with E-state index in [1.54, 1.807) is 0 Å². The van der Waals surface area contributed by atoms with E-state index in [1.165, 1.54) is 5.56 Å². The summed E-state index contributed by atoms with van der Waals surface area (Å²) in [6.45, 7) is 4.75. The molecule has 16 heavy (non-hydrogen) atoms. The van der Waals surface area contributed by atoms with Crippen LogP contribution in [-0.2, 0) is 9.53 Å². The number of ether oxygens (including phenoxy) is 1. The van der Waals surface area contributed by atoms with Crippen molar-refractivity contribution in [2.24, 2.45) is 0 Å². The molecule has 3 nitrogen and oxygen atoms in total. The van der Waals surface area contributed by atoms with Crippen molar-refractivity contribution in [1.82, 2.24) is 0 Å². The van der Waals surface area contributed by atoms with Crippen LogP contribution < -0.4 is 5.32 Å². The number of hydrogen-bond acceptors (Lipinski definition) is 2. The van der Waals surface area contributed by atoms with Crippen molar-refractivity contribution in [2.45, 2.75) is 32.8 Å². The highest BCUT2D eigenvalue weighted by Crippen LogP contribution is 2.20. The van der Waals surface area contributed by atoms with Gasteiger partial charge in [0.05, 0.1) is 0 Å². The molecular weight excluding hydrogens is 202 g/mol. The van der Waals surface area contributed by atoms with Crippen LogP contribution in [0.25, 0.3) is 0 Å². The van der Waals surface area contributed by atoms with E-state index < -0.39 is 0 Å². The zero-order valence-corrected chi connectivity index (χ0v) is 9.75. The first-order chi connectivity index (χ1) is 7.68. The molecule has 3 heteroatoms. The summed E-state index contributed by atoms with van der Waals surface area (Å²) in [6, 6.07) is 5.92. The van der Waals surface area contributed by atoms with Gasteiger partial charge in [-0.05, 0) is 43.9 Å². The molecule has 1 aliphatic heterocycles. The summed E-state index contributed by atoms with van der Waals surface area (Å²) in [5.41, 5.74) is 3.19. The first-order valence-electron chi connectivity index (χ1n) is 5.67. The van der Waals surface area contributed by atoms with Crippen LogP contribution in [0.2, 0.25) is 0 Å². The highest BCUT2D eigenvalue weighted by atomic mass is 16.5. The molecule has 0 aromatic heterocycles. The molecule has 1 aromatic rings. The standard InChI is InChI=1S/C13H17NO2/c1-9-5-3-6-11(10(9)2)14-13(15)12-7-4-8-16-12/h3,5-6,12H,4,7-8H2,1-2H3,(H,14,15). The number of hydrogen-bond donors (Lipinski definition) is 1. The smallest absolute Gasteiger partial charge is 0.253 e. The fraction of sp³-hybridized carbons (Fsp3) is 0.462. The normalized spacial score (nSPS) is 19.8. The number of anilines is 1. The van der Waals surface area contributed by atoms with Gasteiger partial charge in [-0.3, -0.25) is 4.79 Å². The summed E-state index contributed by atoms with van der Waals surface area (Å²) >= 11 is 0. The minimum Gasteiger partial charge on any atom is -0.368 e. The van der Waals surface area contributed by atoms with Crippen molar-refractivity contribution in [3.05, 3.63) is 29.3 Å². The summed E-state index contributed by atoms with van der Waals surface area (Å²) in [6.07, 6.45) is 1.54. The Bertz CT molecular complexity index is 395. The van der Waals surface area contributed by atoms with Gasteiger partial charge in [0, 0.05) is 12.3 Å². The minimum atomic E-state index is -0.264. The quantitative estimate of drug-likeness (QED) is 0.829. The number of benzene rings is 1. The van der Waals surface area contributed by atoms with Gasteiger partial charge in [0.15, 0.2) is 0 Å². The highest BCUT2D eigenvalue weighted by molar-refractivity contribution is 5.95. The number of carbonyl (C=O) groups is 1. The molecule has 1 aliphatic rings. The van der Waals surface area contributed by atoms with E-state index in [0.717, 1.165) is 24.1 Å². The SMILES string of the molecule is Cc1cccc(NC(=O)C2CCCO2)c1C. The second-order valence-corrected chi connectivity index (χ2v) is 4.24. The van der Waals surface area contributed by atoms with Crippen LogP contribution in [0.5, 0.6) is 0 Å². The van der Waals surface area contributed by atoms with E-state index in [1.807, 2.05) is 32.0 Å². The van der Waals surface area contributed by atoms with Gasteiger partial charge >= 0.3 is 0 Å². The van der Waals surface area contributed by atoms with Crippen LogP contribution in [0.4, 0.5) is 5.69 Å². The van der Waals surface area contributed by atoms with Crippen molar-refractivity contribution < 1.29 is 9.53 Å². The highest BCUT2D eigenvalue weighted by Gasteiger charge is 2.23. The van der Waals surface area contributed by atoms with Crippen LogP contribution in [0.3, 0.4) is 0 Å². The van der Waals surface area contributed by atoms with Crippen LogP contribution in [-0.4, -0.2) is 18.6 Å². The molecule has 1 N–H and O–H groups in total. The van der Waals surface area contributed by atoms with Gasteiger partial charge in [-0.2, -0.15) is 0 Å². The van der Waals surface area contributed by atoms with Gasteiger partial charge in [-0.15, -0.1) is 0 Å². The molecule has 86 valence electrons. The Morgan fingerprint density at radius 3 is 2.94 bits per heavy atom. The number of carbonyl (C=O) groups excluding carboxylic acids is 1. The molecule has 0 spiro atoms. The third-order valence-corrected chi connectivity index (χ3v) is 3.08. The lowest BCUT2D eigenvalue weighted by molar-refractivity contribution is -0.124. The van der Waals surface area contributed by atoms with Gasteiger partial charge in [0.25, 0.3) is 5.91 Å². The van der Waals surface area contributed by atoms with E-state index in [4.69, 9.17) is 4.74 Å². The van der Waals surface area contributed by atoms with Crippen molar-refractivity contribution in [1.29, 1.82) is 0 Å². The van der Waals surface area contributed by atoms with Crippen molar-refractivity contribution >= 4 is 11.6 Å². The second-order valence-electron chi connectivity index (χ2n) is 4.24. The maximum absolute atomic E-state index is 11.8. The summed E-state index contributed by atoms with van der Waals surface area (Å²) in [7, 11) is 0. The third-order valence-electron chi connectivity index (χ3n) is 3.08. The molecule has 1 aromatic carbocycles. The molecule has 1 heterocycles. The number of aryl methyl sites for hydroxylation is 1. The zero-order valence-electron chi connectivity index (χ0n) is 9.75. The monoisotopic (exact) mass is 219 g/mol. The second kappa shape index (κ2) is 4.66. The molecule has 0 saturated carbocycles. The molecule has 0 aliphatic carbocycles. The molecule has 1 amide bonds. The number of amides is 1. The number of rotatable bonds is 2. The van der Waals surface area contributed by atoms with E-state index in [-0.39, 0.29) is 12.0 Å². The predicted molar refractivity (Wildman–Crippen MR) is 63.5 cm³/mol. The summed E-state index contributed by atoms with van der Waals surface area (Å²) < 4.78 is 5.35. The van der Waals surface area contributed by atoms with Gasteiger partial charge in [-0.1, -0.05) is 12.1 Å². The van der Waals surface area contributed by atoms with Crippen molar-refractivity contribution in [2.75, 3.05) is 11.9 Å². The Kier molecular flexibility index (Phi) is 3.25. The Morgan fingerprint density at radius 2 is 2.25 bits per heavy atom. The van der Waals surface area contributed by atoms with Crippen LogP contribution in [0.1, 0.15) is 24.0 Å². The lowest BCUT2D eigenvalue weighted by Crippen LogP contribution is -2.27. The Morgan fingerprint density at radius 1 is 1.44 bits per heavy atom. The molecule has 0 bridgehead atoms. The Labute approximate surface area is 95.8 Å². The maximum atomic E-state index is 11.8. The Balaban J connectivity index is 2.08. The fourth-order valence-electron chi connectivity index (χ4n) is 1.88. The molecule has 1 unspecified atom stereocenters. The Hall–Kier alpha value is -1.35. The molecule has 1 saturated heterocycles. The lowest BCUT2D eigenvalue weighted by Gasteiger charge is -2.13. The fourth-order valence-corrected chi connectivity index (χ4v) is 1.88. The molecular formula is C13H17NO2. The first kappa shape index (κ1) is 11.1. The van der Waals surface area contributed by atoms with Gasteiger partial charge in [0.2, 0.25) is 0 Å². The van der Waals surface area contributed by atoms with Gasteiger partial charge < -0.3 is 10.1 Å². The largest absolute Gasteiger partial charge is 0.368 e. The minimum absolute atomic E-state index is 0.0220. The van der Waals surface area contributed by atoms with Gasteiger partial charge in [-0.25, -0.2) is 0 Å².